The zero-order chi connectivity index (χ0) is 11.3. The largest absolute Gasteiger partial charge is 0.504 e. The number of phenols is 1. The molecule has 2 heterocycles. The predicted molar refractivity (Wildman–Crippen MR) is 65.1 cm³/mol. The molecule has 0 saturated carbocycles. The summed E-state index contributed by atoms with van der Waals surface area (Å²) in [5, 5.41) is 15.3. The molecule has 16 heavy (non-hydrogen) atoms. The zero-order valence-corrected chi connectivity index (χ0v) is 9.41. The molecular formula is C12H14N3O+. The molecule has 1 aromatic carbocycles. The third kappa shape index (κ3) is 1.04. The fourth-order valence-electron chi connectivity index (χ4n) is 2.38. The number of nitrogens with zero attached hydrogens (tertiary/aromatic N) is 2. The van der Waals surface area contributed by atoms with Crippen molar-refractivity contribution in [1.82, 2.24) is 4.58 Å². The van der Waals surface area contributed by atoms with E-state index in [2.05, 4.69) is 21.9 Å². The second-order valence-corrected chi connectivity index (χ2v) is 4.22. The fourth-order valence-corrected chi connectivity index (χ4v) is 2.38. The Morgan fingerprint density at radius 3 is 3.06 bits per heavy atom. The highest BCUT2D eigenvalue weighted by Gasteiger charge is 2.23. The Morgan fingerprint density at radius 1 is 1.50 bits per heavy atom. The Kier molecular flexibility index (Phi) is 1.80. The maximum atomic E-state index is 10.0. The maximum absolute atomic E-state index is 10.0. The molecule has 4 heteroatoms. The summed E-state index contributed by atoms with van der Waals surface area (Å²) in [5.74, 6) is 0.253. The standard InChI is InChI=1S/C12H13N3O/c1-13-8-5-9-10-7(3-4-15(9)2)6-14-11(10)12(8)16/h5-6H,3-4H2,1-2H3,(H,13,14,16)/p+1. The Balaban J connectivity index is 2.54. The van der Waals surface area contributed by atoms with Gasteiger partial charge in [-0.05, 0) is 5.57 Å². The molecule has 0 bridgehead atoms. The minimum atomic E-state index is 0.253. The van der Waals surface area contributed by atoms with Crippen molar-refractivity contribution in [2.75, 3.05) is 26.0 Å². The van der Waals surface area contributed by atoms with Crippen molar-refractivity contribution in [3.8, 4) is 5.75 Å². The summed E-state index contributed by atoms with van der Waals surface area (Å²) in [6.07, 6.45) is 2.87. The fraction of sp³-hybridized carbons (Fsp3) is 0.333. The molecule has 4 nitrogen and oxygen atoms in total. The number of nitrogens with one attached hydrogen (secondary N) is 1. The van der Waals surface area contributed by atoms with Gasteiger partial charge >= 0.3 is 0 Å². The molecule has 0 saturated heterocycles. The van der Waals surface area contributed by atoms with Crippen molar-refractivity contribution in [3.63, 3.8) is 0 Å². The number of phenolic OH excluding ortho intramolecular Hbond substituents is 1. The summed E-state index contributed by atoms with van der Waals surface area (Å²) in [7, 11) is 3.88. The zero-order valence-electron chi connectivity index (χ0n) is 9.41. The van der Waals surface area contributed by atoms with Crippen molar-refractivity contribution in [2.24, 2.45) is 4.99 Å². The van der Waals surface area contributed by atoms with Crippen LogP contribution in [0.4, 0.5) is 11.4 Å². The predicted octanol–water partition coefficient (Wildman–Crippen LogP) is -0.175. The molecule has 2 aliphatic heterocycles. The van der Waals surface area contributed by atoms with Gasteiger partial charge in [-0.2, -0.15) is 0 Å². The normalized spacial score (nSPS) is 16.6. The summed E-state index contributed by atoms with van der Waals surface area (Å²) in [6.45, 7) is 1.00. The first-order chi connectivity index (χ1) is 7.72. The molecule has 3 rings (SSSR count). The first-order valence-electron chi connectivity index (χ1n) is 5.41. The van der Waals surface area contributed by atoms with E-state index >= 15 is 0 Å². The number of benzene rings is 1. The van der Waals surface area contributed by atoms with E-state index in [9.17, 15) is 5.11 Å². The lowest BCUT2D eigenvalue weighted by atomic mass is 10.1. The van der Waals surface area contributed by atoms with Gasteiger partial charge in [0, 0.05) is 25.7 Å². The van der Waals surface area contributed by atoms with Crippen LogP contribution in [0.25, 0.3) is 5.57 Å². The van der Waals surface area contributed by atoms with E-state index in [-0.39, 0.29) is 5.75 Å². The van der Waals surface area contributed by atoms with Crippen LogP contribution in [0.3, 0.4) is 0 Å². The lowest BCUT2D eigenvalue weighted by Gasteiger charge is -2.08. The molecule has 0 aromatic heterocycles. The molecule has 0 radical (unpaired) electrons. The highest BCUT2D eigenvalue weighted by atomic mass is 16.3. The number of rotatable bonds is 1. The van der Waals surface area contributed by atoms with Crippen LogP contribution >= 0.6 is 0 Å². The Morgan fingerprint density at radius 2 is 2.31 bits per heavy atom. The topological polar surface area (TPSA) is 47.6 Å². The molecule has 0 aliphatic carbocycles. The Hall–Kier alpha value is -1.84. The van der Waals surface area contributed by atoms with Gasteiger partial charge in [0.15, 0.2) is 5.75 Å². The van der Waals surface area contributed by atoms with E-state index in [0.717, 1.165) is 29.2 Å². The van der Waals surface area contributed by atoms with E-state index in [1.807, 2.05) is 12.3 Å². The van der Waals surface area contributed by atoms with Crippen molar-refractivity contribution in [2.45, 2.75) is 6.42 Å². The molecule has 2 N–H and O–H groups in total. The summed E-state index contributed by atoms with van der Waals surface area (Å²) >= 11 is 0. The van der Waals surface area contributed by atoms with Crippen LogP contribution in [0.5, 0.6) is 5.75 Å². The molecule has 1 aromatic rings. The van der Waals surface area contributed by atoms with E-state index < -0.39 is 0 Å². The van der Waals surface area contributed by atoms with Gasteiger partial charge in [-0.3, -0.25) is 4.99 Å². The van der Waals surface area contributed by atoms with Crippen LogP contribution in [-0.2, 0) is 0 Å². The molecule has 0 fully saturated rings. The van der Waals surface area contributed by atoms with E-state index in [1.165, 1.54) is 5.57 Å². The molecule has 0 spiro atoms. The van der Waals surface area contributed by atoms with Gasteiger partial charge in [-0.1, -0.05) is 0 Å². The van der Waals surface area contributed by atoms with Gasteiger partial charge in [-0.25, -0.2) is 4.58 Å². The number of hydrogen-bond donors (Lipinski definition) is 2. The van der Waals surface area contributed by atoms with Crippen LogP contribution in [0.15, 0.2) is 11.1 Å². The Labute approximate surface area is 93.3 Å². The lowest BCUT2D eigenvalue weighted by molar-refractivity contribution is 0.478. The van der Waals surface area contributed by atoms with Crippen molar-refractivity contribution >= 4 is 23.2 Å². The molecular weight excluding hydrogens is 202 g/mol. The molecule has 0 atom stereocenters. The molecule has 0 amide bonds. The number of aliphatic imine (C=N–C) groups is 1. The van der Waals surface area contributed by atoms with Crippen LogP contribution in [-0.4, -0.2) is 32.0 Å². The van der Waals surface area contributed by atoms with Crippen LogP contribution in [0, 0.1) is 0 Å². The van der Waals surface area contributed by atoms with E-state index in [1.54, 1.807) is 7.05 Å². The minimum Gasteiger partial charge on any atom is -0.504 e. The second-order valence-electron chi connectivity index (χ2n) is 4.22. The van der Waals surface area contributed by atoms with Crippen molar-refractivity contribution in [1.29, 1.82) is 0 Å². The van der Waals surface area contributed by atoms with Gasteiger partial charge in [0.25, 0.3) is 0 Å². The highest BCUT2D eigenvalue weighted by Crippen LogP contribution is 2.32. The second kappa shape index (κ2) is 3.07. The van der Waals surface area contributed by atoms with Crippen LogP contribution in [0.1, 0.15) is 6.42 Å². The van der Waals surface area contributed by atoms with Gasteiger partial charge in [0.1, 0.15) is 19.3 Å². The quantitative estimate of drug-likeness (QED) is 0.505. The third-order valence-electron chi connectivity index (χ3n) is 3.32. The summed E-state index contributed by atoms with van der Waals surface area (Å²) < 4.78 is 2.21. The third-order valence-corrected chi connectivity index (χ3v) is 3.32. The van der Waals surface area contributed by atoms with Gasteiger partial charge in [0.2, 0.25) is 5.36 Å². The average molecular weight is 216 g/mol. The summed E-state index contributed by atoms with van der Waals surface area (Å²) in [5.41, 5.74) is 2.69. The van der Waals surface area contributed by atoms with Gasteiger partial charge in [-0.15, -0.1) is 0 Å². The molecule has 2 aliphatic rings. The number of hydrogen-bond acceptors (Lipinski definition) is 3. The first kappa shape index (κ1) is 9.39. The molecule has 0 unspecified atom stereocenters. The van der Waals surface area contributed by atoms with Gasteiger partial charge in [0.05, 0.1) is 10.9 Å². The van der Waals surface area contributed by atoms with Crippen molar-refractivity contribution in [3.05, 3.63) is 16.6 Å². The first-order valence-corrected chi connectivity index (χ1v) is 5.41. The summed E-state index contributed by atoms with van der Waals surface area (Å²) in [4.78, 5) is 4.32. The Bertz CT molecular complexity index is 629. The minimum absolute atomic E-state index is 0.253. The average Bonchev–Trinajstić information content (AvgIpc) is 2.71. The van der Waals surface area contributed by atoms with E-state index in [4.69, 9.17) is 0 Å². The maximum Gasteiger partial charge on any atom is 0.211 e. The smallest absolute Gasteiger partial charge is 0.211 e. The number of anilines is 1. The lowest BCUT2D eigenvalue weighted by Crippen LogP contribution is -2.42. The van der Waals surface area contributed by atoms with Crippen molar-refractivity contribution < 1.29 is 5.11 Å². The highest BCUT2D eigenvalue weighted by molar-refractivity contribution is 6.08. The SMILES string of the molecule is CNc1cc2c3c(c1O)N=CC=3CC[N+]=2C. The van der Waals surface area contributed by atoms with Gasteiger partial charge < -0.3 is 10.4 Å². The summed E-state index contributed by atoms with van der Waals surface area (Å²) in [6, 6.07) is 1.99. The monoisotopic (exact) mass is 216 g/mol. The molecule has 82 valence electrons. The van der Waals surface area contributed by atoms with Crippen LogP contribution in [0.2, 0.25) is 0 Å². The van der Waals surface area contributed by atoms with Crippen LogP contribution < -0.4 is 20.5 Å². The van der Waals surface area contributed by atoms with E-state index in [0.29, 0.717) is 5.69 Å². The number of aromatic hydroxyl groups is 1.